The van der Waals surface area contributed by atoms with Crippen molar-refractivity contribution in [2.24, 2.45) is 0 Å². The Morgan fingerprint density at radius 1 is 1.04 bits per heavy atom. The van der Waals surface area contributed by atoms with Crippen LogP contribution in [0.15, 0.2) is 53.4 Å². The Balaban J connectivity index is 1.89. The third kappa shape index (κ3) is 3.29. The molecule has 2 aromatic carbocycles. The number of piperazine rings is 1. The van der Waals surface area contributed by atoms with Gasteiger partial charge in [-0.05, 0) is 38.1 Å². The van der Waals surface area contributed by atoms with Crippen molar-refractivity contribution in [3.05, 3.63) is 59.1 Å². The number of aryl methyl sites for hydroxylation is 1. The first kappa shape index (κ1) is 17.9. The summed E-state index contributed by atoms with van der Waals surface area (Å²) in [6.45, 7) is 3.98. The van der Waals surface area contributed by atoms with Gasteiger partial charge < -0.3 is 4.90 Å². The first-order valence-electron chi connectivity index (χ1n) is 7.97. The third-order valence-electron chi connectivity index (χ3n) is 4.37. The van der Waals surface area contributed by atoms with Crippen LogP contribution in [-0.2, 0) is 14.8 Å². The molecule has 0 aliphatic carbocycles. The molecule has 1 heterocycles. The van der Waals surface area contributed by atoms with Gasteiger partial charge >= 0.3 is 0 Å². The van der Waals surface area contributed by atoms with Gasteiger partial charge in [0.2, 0.25) is 15.9 Å². The van der Waals surface area contributed by atoms with E-state index in [1.54, 1.807) is 60.4 Å². The molecule has 3 rings (SSSR count). The average molecular weight is 379 g/mol. The molecule has 1 aliphatic heterocycles. The van der Waals surface area contributed by atoms with E-state index in [0.29, 0.717) is 10.7 Å². The summed E-state index contributed by atoms with van der Waals surface area (Å²) in [5.74, 6) is -0.282. The summed E-state index contributed by atoms with van der Waals surface area (Å²) in [5.41, 5.74) is 1.58. The molecule has 1 aliphatic rings. The van der Waals surface area contributed by atoms with Crippen LogP contribution in [0, 0.1) is 6.92 Å². The summed E-state index contributed by atoms with van der Waals surface area (Å²) < 4.78 is 27.0. The first-order valence-corrected chi connectivity index (χ1v) is 9.78. The molecule has 0 unspecified atom stereocenters. The lowest BCUT2D eigenvalue weighted by Gasteiger charge is -2.38. The fourth-order valence-corrected chi connectivity index (χ4v) is 4.75. The smallest absolute Gasteiger partial charge is 0.245 e. The minimum Gasteiger partial charge on any atom is -0.308 e. The first-order chi connectivity index (χ1) is 11.8. The molecule has 7 heteroatoms. The second kappa shape index (κ2) is 6.78. The Hall–Kier alpha value is -1.89. The number of para-hydroxylation sites is 1. The number of anilines is 1. The highest BCUT2D eigenvalue weighted by molar-refractivity contribution is 7.89. The quantitative estimate of drug-likeness (QED) is 0.824. The van der Waals surface area contributed by atoms with Crippen molar-refractivity contribution in [2.75, 3.05) is 18.0 Å². The largest absolute Gasteiger partial charge is 0.308 e. The number of rotatable bonds is 3. The fourth-order valence-electron chi connectivity index (χ4n) is 2.93. The van der Waals surface area contributed by atoms with Crippen LogP contribution in [0.3, 0.4) is 0 Å². The van der Waals surface area contributed by atoms with Crippen LogP contribution in [0.5, 0.6) is 0 Å². The highest BCUT2D eigenvalue weighted by atomic mass is 35.5. The highest BCUT2D eigenvalue weighted by Crippen LogP contribution is 2.30. The van der Waals surface area contributed by atoms with Crippen molar-refractivity contribution in [1.29, 1.82) is 0 Å². The lowest BCUT2D eigenvalue weighted by atomic mass is 10.2. The maximum atomic E-state index is 12.9. The van der Waals surface area contributed by atoms with Crippen molar-refractivity contribution >= 4 is 33.2 Å². The normalized spacial score (nSPS) is 19.2. The van der Waals surface area contributed by atoms with E-state index in [2.05, 4.69) is 0 Å². The minimum absolute atomic E-state index is 0.198. The number of nitrogens with zero attached hydrogens (tertiary/aromatic N) is 2. The van der Waals surface area contributed by atoms with Crippen molar-refractivity contribution in [1.82, 2.24) is 4.31 Å². The van der Waals surface area contributed by atoms with Gasteiger partial charge in [-0.1, -0.05) is 41.4 Å². The van der Waals surface area contributed by atoms with E-state index in [1.807, 2.05) is 6.92 Å². The summed E-state index contributed by atoms with van der Waals surface area (Å²) in [7, 11) is -3.72. The number of hydrogen-bond donors (Lipinski definition) is 0. The zero-order chi connectivity index (χ0) is 18.2. The molecule has 1 saturated heterocycles. The Kier molecular flexibility index (Phi) is 4.86. The summed E-state index contributed by atoms with van der Waals surface area (Å²) in [5, 5.41) is 0.470. The molecule has 0 N–H and O–H groups in total. The summed E-state index contributed by atoms with van der Waals surface area (Å²) >= 11 is 6.18. The van der Waals surface area contributed by atoms with Gasteiger partial charge in [0.25, 0.3) is 0 Å². The molecule has 5 nitrogen and oxygen atoms in total. The second-order valence-electron chi connectivity index (χ2n) is 6.05. The lowest BCUT2D eigenvalue weighted by Crippen LogP contribution is -2.57. The number of carbonyl (C=O) groups excluding carboxylic acids is 1. The summed E-state index contributed by atoms with van der Waals surface area (Å²) in [4.78, 5) is 14.5. The lowest BCUT2D eigenvalue weighted by molar-refractivity contribution is -0.123. The van der Waals surface area contributed by atoms with E-state index in [0.717, 1.165) is 5.56 Å². The molecule has 2 aromatic rings. The minimum atomic E-state index is -3.72. The van der Waals surface area contributed by atoms with Gasteiger partial charge in [-0.25, -0.2) is 8.42 Å². The SMILES string of the molecule is Cc1ccc(S(=O)(=O)N2CCN(c3ccccc3Cl)C(=O)[C@H]2C)cc1. The molecule has 25 heavy (non-hydrogen) atoms. The number of carbonyl (C=O) groups is 1. The Labute approximate surface area is 152 Å². The van der Waals surface area contributed by atoms with Gasteiger partial charge in [0.05, 0.1) is 15.6 Å². The van der Waals surface area contributed by atoms with Crippen LogP contribution in [0.1, 0.15) is 12.5 Å². The number of hydrogen-bond acceptors (Lipinski definition) is 3. The monoisotopic (exact) mass is 378 g/mol. The van der Waals surface area contributed by atoms with Gasteiger partial charge in [0, 0.05) is 13.1 Å². The molecule has 0 radical (unpaired) electrons. The number of amides is 1. The molecule has 0 aromatic heterocycles. The Morgan fingerprint density at radius 2 is 1.68 bits per heavy atom. The van der Waals surface area contributed by atoms with E-state index in [1.165, 1.54) is 4.31 Å². The van der Waals surface area contributed by atoms with E-state index in [9.17, 15) is 13.2 Å². The van der Waals surface area contributed by atoms with E-state index in [-0.39, 0.29) is 23.9 Å². The van der Waals surface area contributed by atoms with Gasteiger partial charge in [-0.3, -0.25) is 4.79 Å². The third-order valence-corrected chi connectivity index (χ3v) is 6.67. The fraction of sp³-hybridized carbons (Fsp3) is 0.278. The average Bonchev–Trinajstić information content (AvgIpc) is 2.58. The molecule has 1 amide bonds. The molecular formula is C18H19ClN2O3S. The highest BCUT2D eigenvalue weighted by Gasteiger charge is 2.39. The van der Waals surface area contributed by atoms with Crippen LogP contribution >= 0.6 is 11.6 Å². The summed E-state index contributed by atoms with van der Waals surface area (Å²) in [6.07, 6.45) is 0. The van der Waals surface area contributed by atoms with Crippen molar-refractivity contribution < 1.29 is 13.2 Å². The number of sulfonamides is 1. The van der Waals surface area contributed by atoms with Gasteiger partial charge in [-0.2, -0.15) is 4.31 Å². The molecular weight excluding hydrogens is 360 g/mol. The molecule has 1 fully saturated rings. The van der Waals surface area contributed by atoms with E-state index in [4.69, 9.17) is 11.6 Å². The van der Waals surface area contributed by atoms with Gasteiger partial charge in [-0.15, -0.1) is 0 Å². The van der Waals surface area contributed by atoms with E-state index < -0.39 is 16.1 Å². The molecule has 0 bridgehead atoms. The predicted octanol–water partition coefficient (Wildman–Crippen LogP) is 3.07. The molecule has 0 saturated carbocycles. The Morgan fingerprint density at radius 3 is 2.32 bits per heavy atom. The van der Waals surface area contributed by atoms with E-state index >= 15 is 0 Å². The van der Waals surface area contributed by atoms with Crippen molar-refractivity contribution in [2.45, 2.75) is 24.8 Å². The second-order valence-corrected chi connectivity index (χ2v) is 8.34. The zero-order valence-electron chi connectivity index (χ0n) is 14.0. The maximum Gasteiger partial charge on any atom is 0.245 e. The maximum absolute atomic E-state index is 12.9. The van der Waals surface area contributed by atoms with Crippen LogP contribution in [0.4, 0.5) is 5.69 Å². The van der Waals surface area contributed by atoms with Crippen LogP contribution in [-0.4, -0.2) is 37.8 Å². The van der Waals surface area contributed by atoms with Gasteiger partial charge in [0.1, 0.15) is 6.04 Å². The standard InChI is InChI=1S/C18H19ClN2O3S/c1-13-7-9-15(10-8-13)25(23,24)21-12-11-20(18(22)14(21)2)17-6-4-3-5-16(17)19/h3-10,14H,11-12H2,1-2H3/t14-/m1/s1. The summed E-state index contributed by atoms with van der Waals surface area (Å²) in [6, 6.07) is 12.9. The van der Waals surface area contributed by atoms with Crippen molar-refractivity contribution in [3.8, 4) is 0 Å². The topological polar surface area (TPSA) is 57.7 Å². The predicted molar refractivity (Wildman–Crippen MR) is 98.3 cm³/mol. The number of benzene rings is 2. The van der Waals surface area contributed by atoms with Crippen molar-refractivity contribution in [3.63, 3.8) is 0 Å². The molecule has 1 atom stereocenters. The van der Waals surface area contributed by atoms with Gasteiger partial charge in [0.15, 0.2) is 0 Å². The van der Waals surface area contributed by atoms with Crippen LogP contribution < -0.4 is 4.90 Å². The molecule has 0 spiro atoms. The zero-order valence-corrected chi connectivity index (χ0v) is 15.6. The van der Waals surface area contributed by atoms with Crippen LogP contribution in [0.2, 0.25) is 5.02 Å². The number of halogens is 1. The van der Waals surface area contributed by atoms with Crippen LogP contribution in [0.25, 0.3) is 0 Å². The molecule has 132 valence electrons. The Bertz CT molecular complexity index is 897.